The van der Waals surface area contributed by atoms with Gasteiger partial charge in [-0.1, -0.05) is 39.3 Å². The summed E-state index contributed by atoms with van der Waals surface area (Å²) >= 11 is 3.51. The van der Waals surface area contributed by atoms with Crippen molar-refractivity contribution in [3.05, 3.63) is 34.5 Å². The van der Waals surface area contributed by atoms with Crippen molar-refractivity contribution < 1.29 is 9.26 Å². The normalized spacial score (nSPS) is 10.8. The smallest absolute Gasteiger partial charge is 0.175 e. The number of halogens is 1. The Bertz CT molecular complexity index is 525. The number of nitrogen functional groups attached to an aromatic ring is 1. The van der Waals surface area contributed by atoms with Gasteiger partial charge in [0.25, 0.3) is 0 Å². The highest BCUT2D eigenvalue weighted by Gasteiger charge is 2.17. The predicted octanol–water partition coefficient (Wildman–Crippen LogP) is 3.27. The van der Waals surface area contributed by atoms with Gasteiger partial charge < -0.3 is 15.0 Å². The van der Waals surface area contributed by atoms with Crippen molar-refractivity contribution in [2.45, 2.75) is 13.3 Å². The summed E-state index contributed by atoms with van der Waals surface area (Å²) in [6, 6.07) is 7.86. The highest BCUT2D eigenvalue weighted by atomic mass is 79.9. The van der Waals surface area contributed by atoms with Gasteiger partial charge in [-0.15, -0.1) is 0 Å². The quantitative estimate of drug-likeness (QED) is 0.861. The molecule has 4 nitrogen and oxygen atoms in total. The van der Waals surface area contributed by atoms with E-state index in [1.165, 1.54) is 0 Å². The molecular weight excluding hydrogens is 296 g/mol. The fraction of sp³-hybridized carbons (Fsp3) is 0.308. The topological polar surface area (TPSA) is 61.3 Å². The lowest BCUT2D eigenvalue weighted by molar-refractivity contribution is 0.145. The van der Waals surface area contributed by atoms with Gasteiger partial charge in [-0.25, -0.2) is 0 Å². The van der Waals surface area contributed by atoms with Gasteiger partial charge in [0.2, 0.25) is 0 Å². The molecule has 0 atom stereocenters. The van der Waals surface area contributed by atoms with E-state index in [1.54, 1.807) is 0 Å². The van der Waals surface area contributed by atoms with Crippen LogP contribution in [-0.2, 0) is 11.2 Å². The number of ether oxygens (including phenoxy) is 1. The van der Waals surface area contributed by atoms with Gasteiger partial charge >= 0.3 is 0 Å². The fourth-order valence-corrected chi connectivity index (χ4v) is 2.25. The Hall–Kier alpha value is -1.33. The highest BCUT2D eigenvalue weighted by Crippen LogP contribution is 2.34. The van der Waals surface area contributed by atoms with Crippen LogP contribution in [0.15, 0.2) is 33.3 Å². The molecule has 0 aliphatic heterocycles. The average molecular weight is 311 g/mol. The average Bonchev–Trinajstić information content (AvgIpc) is 2.72. The SMILES string of the molecule is CCOCCc1onc(N)c1-c1ccccc1Br. The lowest BCUT2D eigenvalue weighted by atomic mass is 10.0. The Labute approximate surface area is 114 Å². The van der Waals surface area contributed by atoms with E-state index in [1.807, 2.05) is 31.2 Å². The minimum Gasteiger partial charge on any atom is -0.381 e. The molecule has 1 aromatic heterocycles. The number of hydrogen-bond donors (Lipinski definition) is 1. The minimum absolute atomic E-state index is 0.411. The Morgan fingerprint density at radius 2 is 2.17 bits per heavy atom. The molecule has 1 heterocycles. The van der Waals surface area contributed by atoms with Crippen molar-refractivity contribution in [2.24, 2.45) is 0 Å². The van der Waals surface area contributed by atoms with Gasteiger partial charge in [0.15, 0.2) is 5.82 Å². The summed E-state index contributed by atoms with van der Waals surface area (Å²) < 4.78 is 11.6. The molecular formula is C13H15BrN2O2. The summed E-state index contributed by atoms with van der Waals surface area (Å²) in [5.74, 6) is 1.17. The van der Waals surface area contributed by atoms with Crippen LogP contribution in [0.1, 0.15) is 12.7 Å². The van der Waals surface area contributed by atoms with Crippen molar-refractivity contribution in [1.29, 1.82) is 0 Å². The van der Waals surface area contributed by atoms with E-state index in [9.17, 15) is 0 Å². The molecule has 0 unspecified atom stereocenters. The van der Waals surface area contributed by atoms with E-state index >= 15 is 0 Å². The van der Waals surface area contributed by atoms with Crippen LogP contribution >= 0.6 is 15.9 Å². The molecule has 0 spiro atoms. The van der Waals surface area contributed by atoms with Crippen molar-refractivity contribution >= 4 is 21.7 Å². The predicted molar refractivity (Wildman–Crippen MR) is 74.2 cm³/mol. The summed E-state index contributed by atoms with van der Waals surface area (Å²) in [6.07, 6.45) is 0.661. The Morgan fingerprint density at radius 3 is 2.89 bits per heavy atom. The molecule has 0 amide bonds. The minimum atomic E-state index is 0.411. The molecule has 0 fully saturated rings. The van der Waals surface area contributed by atoms with E-state index in [4.69, 9.17) is 15.0 Å². The number of anilines is 1. The molecule has 0 bridgehead atoms. The zero-order valence-electron chi connectivity index (χ0n) is 10.1. The zero-order chi connectivity index (χ0) is 13.0. The Kier molecular flexibility index (Phi) is 4.38. The first-order valence-electron chi connectivity index (χ1n) is 5.80. The second-order valence-electron chi connectivity index (χ2n) is 3.79. The maximum absolute atomic E-state index is 5.88. The van der Waals surface area contributed by atoms with Crippen molar-refractivity contribution in [1.82, 2.24) is 5.16 Å². The first-order chi connectivity index (χ1) is 8.74. The van der Waals surface area contributed by atoms with E-state index in [0.29, 0.717) is 25.5 Å². The van der Waals surface area contributed by atoms with Gasteiger partial charge in [0, 0.05) is 23.1 Å². The maximum Gasteiger partial charge on any atom is 0.175 e. The first kappa shape index (κ1) is 13.1. The monoisotopic (exact) mass is 310 g/mol. The summed E-state index contributed by atoms with van der Waals surface area (Å²) in [7, 11) is 0. The van der Waals surface area contributed by atoms with Crippen LogP contribution in [0.2, 0.25) is 0 Å². The van der Waals surface area contributed by atoms with E-state index in [0.717, 1.165) is 21.4 Å². The maximum atomic E-state index is 5.88. The standard InChI is InChI=1S/C13H15BrN2O2/c1-2-17-8-7-11-12(13(15)16-18-11)9-5-3-4-6-10(9)14/h3-6H,2,7-8H2,1H3,(H2,15,16). The summed E-state index contributed by atoms with van der Waals surface area (Å²) in [6.45, 7) is 3.25. The summed E-state index contributed by atoms with van der Waals surface area (Å²) in [5.41, 5.74) is 7.72. The Balaban J connectivity index is 2.32. The number of aromatic nitrogens is 1. The molecule has 0 saturated carbocycles. The van der Waals surface area contributed by atoms with Crippen LogP contribution in [0.25, 0.3) is 11.1 Å². The zero-order valence-corrected chi connectivity index (χ0v) is 11.7. The van der Waals surface area contributed by atoms with E-state index in [2.05, 4.69) is 21.1 Å². The third-order valence-electron chi connectivity index (χ3n) is 2.61. The van der Waals surface area contributed by atoms with Gasteiger partial charge in [-0.2, -0.15) is 0 Å². The number of hydrogen-bond acceptors (Lipinski definition) is 4. The lowest BCUT2D eigenvalue weighted by Crippen LogP contribution is -1.99. The van der Waals surface area contributed by atoms with Crippen molar-refractivity contribution in [2.75, 3.05) is 18.9 Å². The molecule has 96 valence electrons. The van der Waals surface area contributed by atoms with Crippen LogP contribution < -0.4 is 5.73 Å². The van der Waals surface area contributed by atoms with E-state index < -0.39 is 0 Å². The number of nitrogens with two attached hydrogens (primary N) is 1. The fourth-order valence-electron chi connectivity index (χ4n) is 1.77. The van der Waals surface area contributed by atoms with Gasteiger partial charge in [-0.3, -0.25) is 0 Å². The molecule has 5 heteroatoms. The second kappa shape index (κ2) is 6.02. The number of benzene rings is 1. The van der Waals surface area contributed by atoms with Gasteiger partial charge in [0.05, 0.1) is 12.2 Å². The molecule has 0 saturated heterocycles. The van der Waals surface area contributed by atoms with Crippen molar-refractivity contribution in [3.8, 4) is 11.1 Å². The van der Waals surface area contributed by atoms with Gasteiger partial charge in [-0.05, 0) is 13.0 Å². The first-order valence-corrected chi connectivity index (χ1v) is 6.60. The molecule has 1 aromatic carbocycles. The van der Waals surface area contributed by atoms with Crippen LogP contribution in [-0.4, -0.2) is 18.4 Å². The Morgan fingerprint density at radius 1 is 1.39 bits per heavy atom. The molecule has 0 aliphatic rings. The molecule has 0 radical (unpaired) electrons. The molecule has 2 aromatic rings. The third kappa shape index (κ3) is 2.73. The van der Waals surface area contributed by atoms with E-state index in [-0.39, 0.29) is 0 Å². The van der Waals surface area contributed by atoms with Crippen LogP contribution in [0.4, 0.5) is 5.82 Å². The van der Waals surface area contributed by atoms with Gasteiger partial charge in [0.1, 0.15) is 5.76 Å². The van der Waals surface area contributed by atoms with Crippen molar-refractivity contribution in [3.63, 3.8) is 0 Å². The molecule has 0 aliphatic carbocycles. The largest absolute Gasteiger partial charge is 0.381 e. The highest BCUT2D eigenvalue weighted by molar-refractivity contribution is 9.10. The molecule has 2 rings (SSSR count). The number of rotatable bonds is 5. The summed E-state index contributed by atoms with van der Waals surface area (Å²) in [4.78, 5) is 0. The number of nitrogens with zero attached hydrogens (tertiary/aromatic N) is 1. The van der Waals surface area contributed by atoms with Crippen LogP contribution in [0, 0.1) is 0 Å². The third-order valence-corrected chi connectivity index (χ3v) is 3.30. The lowest BCUT2D eigenvalue weighted by Gasteiger charge is -2.05. The molecule has 18 heavy (non-hydrogen) atoms. The van der Waals surface area contributed by atoms with Crippen LogP contribution in [0.5, 0.6) is 0 Å². The second-order valence-corrected chi connectivity index (χ2v) is 4.65. The van der Waals surface area contributed by atoms with Crippen LogP contribution in [0.3, 0.4) is 0 Å². The molecule has 2 N–H and O–H groups in total. The summed E-state index contributed by atoms with van der Waals surface area (Å²) in [5, 5.41) is 3.84.